The lowest BCUT2D eigenvalue weighted by molar-refractivity contribution is -0.384. The van der Waals surface area contributed by atoms with Crippen LogP contribution in [0, 0.1) is 10.1 Å². The number of ether oxygens (including phenoxy) is 3. The number of nitro benzene ring substituents is 1. The summed E-state index contributed by atoms with van der Waals surface area (Å²) < 4.78 is 16.3. The van der Waals surface area contributed by atoms with Gasteiger partial charge in [0.1, 0.15) is 13.2 Å². The first-order valence-electron chi connectivity index (χ1n) is 10.3. The molecule has 0 aromatic heterocycles. The zero-order valence-corrected chi connectivity index (χ0v) is 18.1. The monoisotopic (exact) mass is 442 g/mol. The smallest absolute Gasteiger partial charge is 0.337 e. The lowest BCUT2D eigenvalue weighted by atomic mass is 9.80. The number of hydrogen-bond acceptors (Lipinski definition) is 8. The summed E-state index contributed by atoms with van der Waals surface area (Å²) in [4.78, 5) is 36.9. The van der Waals surface area contributed by atoms with Crippen molar-refractivity contribution in [3.8, 4) is 0 Å². The highest BCUT2D eigenvalue weighted by Gasteiger charge is 2.38. The maximum atomic E-state index is 13.2. The lowest BCUT2D eigenvalue weighted by Gasteiger charge is -2.30. The number of rotatable bonds is 8. The number of hydrogen-bond donors (Lipinski definition) is 1. The summed E-state index contributed by atoms with van der Waals surface area (Å²) in [6.45, 7) is 7.63. The number of carbonyl (C=O) groups is 2. The maximum Gasteiger partial charge on any atom is 0.337 e. The number of non-ortho nitro benzene ring substituents is 1. The van der Waals surface area contributed by atoms with Crippen LogP contribution in [-0.2, 0) is 23.8 Å². The summed E-state index contributed by atoms with van der Waals surface area (Å²) in [7, 11) is 0. The number of allylic oxidation sites excluding steroid dienone is 2. The van der Waals surface area contributed by atoms with Crippen LogP contribution in [-0.4, -0.2) is 42.8 Å². The molecule has 32 heavy (non-hydrogen) atoms. The Kier molecular flexibility index (Phi) is 7.42. The van der Waals surface area contributed by atoms with E-state index in [4.69, 9.17) is 14.2 Å². The molecule has 0 amide bonds. The number of esters is 2. The van der Waals surface area contributed by atoms with Gasteiger partial charge < -0.3 is 19.5 Å². The molecule has 9 heteroatoms. The summed E-state index contributed by atoms with van der Waals surface area (Å²) in [5, 5.41) is 14.4. The van der Waals surface area contributed by atoms with E-state index in [0.717, 1.165) is 12.8 Å². The molecular formula is C23H26N2O7. The summed E-state index contributed by atoms with van der Waals surface area (Å²) in [5.74, 6) is -2.17. The normalized spacial score (nSPS) is 20.6. The minimum Gasteiger partial charge on any atom is -0.459 e. The van der Waals surface area contributed by atoms with Crippen molar-refractivity contribution in [2.45, 2.75) is 38.7 Å². The third-order valence-corrected chi connectivity index (χ3v) is 5.37. The van der Waals surface area contributed by atoms with Crippen molar-refractivity contribution in [3.63, 3.8) is 0 Å². The van der Waals surface area contributed by atoms with Gasteiger partial charge in [-0.15, -0.1) is 0 Å². The van der Waals surface area contributed by atoms with E-state index in [1.54, 1.807) is 19.9 Å². The van der Waals surface area contributed by atoms with Crippen LogP contribution in [0.4, 0.5) is 5.69 Å². The standard InChI is InChI=1S/C23H26N2O7/c1-4-10-31-22(26)19-14(2)24-15(3)20(23(27)32-13-18-9-6-11-30-18)21(19)16-7-5-8-17(12-16)25(28)29/h4-5,7-8,12,18,21,24H,1,6,9-11,13H2,2-3H3/t18-,21-/m1/s1. The van der Waals surface area contributed by atoms with Crippen molar-refractivity contribution in [1.82, 2.24) is 5.32 Å². The fourth-order valence-corrected chi connectivity index (χ4v) is 3.92. The molecule has 1 aromatic rings. The first-order valence-corrected chi connectivity index (χ1v) is 10.3. The van der Waals surface area contributed by atoms with E-state index in [2.05, 4.69) is 11.9 Å². The Balaban J connectivity index is 2.02. The molecule has 1 N–H and O–H groups in total. The van der Waals surface area contributed by atoms with Crippen LogP contribution in [0.5, 0.6) is 0 Å². The topological polar surface area (TPSA) is 117 Å². The highest BCUT2D eigenvalue weighted by Crippen LogP contribution is 2.40. The van der Waals surface area contributed by atoms with Gasteiger partial charge in [-0.05, 0) is 32.3 Å². The predicted molar refractivity (Wildman–Crippen MR) is 115 cm³/mol. The quantitative estimate of drug-likeness (QED) is 0.282. The Morgan fingerprint density at radius 2 is 1.94 bits per heavy atom. The van der Waals surface area contributed by atoms with Crippen molar-refractivity contribution < 1.29 is 28.7 Å². The van der Waals surface area contributed by atoms with Crippen LogP contribution >= 0.6 is 0 Å². The van der Waals surface area contributed by atoms with Gasteiger partial charge in [-0.25, -0.2) is 9.59 Å². The van der Waals surface area contributed by atoms with E-state index in [-0.39, 0.29) is 36.2 Å². The number of nitro groups is 1. The van der Waals surface area contributed by atoms with Crippen molar-refractivity contribution in [1.29, 1.82) is 0 Å². The molecule has 1 aromatic carbocycles. The number of benzene rings is 1. The van der Waals surface area contributed by atoms with Crippen LogP contribution in [0.3, 0.4) is 0 Å². The molecule has 2 aliphatic heterocycles. The SMILES string of the molecule is C=CCOC(=O)C1=C(C)NC(C)=C(C(=O)OC[C@H]2CCCO2)[C@@H]1c1cccc([N+](=O)[O-])c1. The predicted octanol–water partition coefficient (Wildman–Crippen LogP) is 3.28. The van der Waals surface area contributed by atoms with Gasteiger partial charge in [-0.1, -0.05) is 24.8 Å². The Hall–Kier alpha value is -3.46. The van der Waals surface area contributed by atoms with Crippen LogP contribution in [0.15, 0.2) is 59.5 Å². The second kappa shape index (κ2) is 10.2. The fraction of sp³-hybridized carbons (Fsp3) is 0.391. The molecule has 0 aliphatic carbocycles. The average molecular weight is 442 g/mol. The number of nitrogens with zero attached hydrogens (tertiary/aromatic N) is 1. The summed E-state index contributed by atoms with van der Waals surface area (Å²) in [6, 6.07) is 5.85. The molecule has 9 nitrogen and oxygen atoms in total. The first-order chi connectivity index (χ1) is 15.3. The van der Waals surface area contributed by atoms with E-state index < -0.39 is 22.8 Å². The summed E-state index contributed by atoms with van der Waals surface area (Å²) in [5.41, 5.74) is 1.62. The summed E-state index contributed by atoms with van der Waals surface area (Å²) in [6.07, 6.45) is 2.98. The minimum absolute atomic E-state index is 0.0151. The molecule has 0 bridgehead atoms. The van der Waals surface area contributed by atoms with Gasteiger partial charge in [0.15, 0.2) is 0 Å². The Morgan fingerprint density at radius 3 is 2.53 bits per heavy atom. The van der Waals surface area contributed by atoms with Crippen LogP contribution in [0.2, 0.25) is 0 Å². The first kappa shape index (κ1) is 23.2. The lowest BCUT2D eigenvalue weighted by Crippen LogP contribution is -2.33. The fourth-order valence-electron chi connectivity index (χ4n) is 3.92. The van der Waals surface area contributed by atoms with E-state index in [9.17, 15) is 19.7 Å². The third kappa shape index (κ3) is 5.05. The Labute approximate surface area is 185 Å². The van der Waals surface area contributed by atoms with Gasteiger partial charge in [-0.3, -0.25) is 10.1 Å². The Bertz CT molecular complexity index is 990. The zero-order chi connectivity index (χ0) is 23.3. The minimum atomic E-state index is -0.898. The van der Waals surface area contributed by atoms with E-state index >= 15 is 0 Å². The third-order valence-electron chi connectivity index (χ3n) is 5.37. The molecule has 2 aliphatic rings. The van der Waals surface area contributed by atoms with E-state index in [1.165, 1.54) is 24.3 Å². The van der Waals surface area contributed by atoms with Gasteiger partial charge in [-0.2, -0.15) is 0 Å². The van der Waals surface area contributed by atoms with E-state index in [0.29, 0.717) is 23.6 Å². The molecular weight excluding hydrogens is 416 g/mol. The van der Waals surface area contributed by atoms with Crippen LogP contribution < -0.4 is 5.32 Å². The second-order valence-corrected chi connectivity index (χ2v) is 7.61. The molecule has 1 fully saturated rings. The average Bonchev–Trinajstić information content (AvgIpc) is 3.29. The van der Waals surface area contributed by atoms with Gasteiger partial charge in [0.25, 0.3) is 5.69 Å². The van der Waals surface area contributed by atoms with E-state index in [1.807, 2.05) is 0 Å². The molecule has 0 radical (unpaired) electrons. The molecule has 2 heterocycles. The molecule has 2 atom stereocenters. The van der Waals surface area contributed by atoms with Crippen LogP contribution in [0.25, 0.3) is 0 Å². The van der Waals surface area contributed by atoms with Gasteiger partial charge in [0.2, 0.25) is 0 Å². The molecule has 0 unspecified atom stereocenters. The van der Waals surface area contributed by atoms with Gasteiger partial charge in [0, 0.05) is 30.1 Å². The van der Waals surface area contributed by atoms with Crippen molar-refractivity contribution in [3.05, 3.63) is 75.1 Å². The Morgan fingerprint density at radius 1 is 1.25 bits per heavy atom. The zero-order valence-electron chi connectivity index (χ0n) is 18.1. The maximum absolute atomic E-state index is 13.2. The van der Waals surface area contributed by atoms with Crippen molar-refractivity contribution in [2.75, 3.05) is 19.8 Å². The molecule has 3 rings (SSSR count). The molecule has 1 saturated heterocycles. The van der Waals surface area contributed by atoms with Crippen LogP contribution in [0.1, 0.15) is 38.2 Å². The van der Waals surface area contributed by atoms with Crippen molar-refractivity contribution in [2.24, 2.45) is 0 Å². The van der Waals surface area contributed by atoms with Crippen molar-refractivity contribution >= 4 is 17.6 Å². The number of nitrogens with one attached hydrogen (secondary N) is 1. The second-order valence-electron chi connectivity index (χ2n) is 7.61. The highest BCUT2D eigenvalue weighted by atomic mass is 16.6. The molecule has 0 spiro atoms. The molecule has 170 valence electrons. The highest BCUT2D eigenvalue weighted by molar-refractivity contribution is 6.00. The summed E-state index contributed by atoms with van der Waals surface area (Å²) >= 11 is 0. The number of dihydropyridines is 1. The van der Waals surface area contributed by atoms with Gasteiger partial charge >= 0.3 is 11.9 Å². The van der Waals surface area contributed by atoms with Gasteiger partial charge in [0.05, 0.1) is 28.1 Å². The number of carbonyl (C=O) groups excluding carboxylic acids is 2. The molecule has 0 saturated carbocycles. The largest absolute Gasteiger partial charge is 0.459 e.